The van der Waals surface area contributed by atoms with Crippen molar-refractivity contribution < 1.29 is 14.3 Å². The summed E-state index contributed by atoms with van der Waals surface area (Å²) >= 11 is 0. The average Bonchev–Trinajstić information content (AvgIpc) is 2.97. The van der Waals surface area contributed by atoms with E-state index in [1.807, 2.05) is 12.1 Å². The van der Waals surface area contributed by atoms with Crippen molar-refractivity contribution in [3.05, 3.63) is 42.5 Å². The van der Waals surface area contributed by atoms with Gasteiger partial charge in [-0.25, -0.2) is 0 Å². The molecule has 0 radical (unpaired) electrons. The molecule has 0 atom stereocenters. The molecule has 1 aliphatic carbocycles. The summed E-state index contributed by atoms with van der Waals surface area (Å²) in [5.74, 6) is -0.417. The maximum atomic E-state index is 12.1. The Morgan fingerprint density at radius 1 is 1.25 bits per heavy atom. The highest BCUT2D eigenvalue weighted by atomic mass is 16.5. The fourth-order valence-electron chi connectivity index (χ4n) is 2.85. The summed E-state index contributed by atoms with van der Waals surface area (Å²) in [6, 6.07) is 7.39. The quantitative estimate of drug-likeness (QED) is 0.678. The number of amides is 1. The van der Waals surface area contributed by atoms with Crippen molar-refractivity contribution in [1.29, 1.82) is 0 Å². The molecular weight excluding hydrogens is 254 g/mol. The Labute approximate surface area is 118 Å². The van der Waals surface area contributed by atoms with Gasteiger partial charge in [0.15, 0.2) is 0 Å². The Morgan fingerprint density at radius 2 is 1.85 bits per heavy atom. The molecule has 0 bridgehead atoms. The normalized spacial score (nSPS) is 16.4. The molecule has 4 nitrogen and oxygen atoms in total. The SMILES string of the molecule is C=CC(=O)Nc1ccc(C2(C(=O)OC)CCCC2)cc1. The van der Waals surface area contributed by atoms with Gasteiger partial charge in [0, 0.05) is 5.69 Å². The van der Waals surface area contributed by atoms with Gasteiger partial charge in [0.2, 0.25) is 5.91 Å². The molecule has 0 unspecified atom stereocenters. The van der Waals surface area contributed by atoms with Gasteiger partial charge in [-0.2, -0.15) is 0 Å². The molecule has 1 N–H and O–H groups in total. The lowest BCUT2D eigenvalue weighted by molar-refractivity contribution is -0.147. The second kappa shape index (κ2) is 5.90. The minimum Gasteiger partial charge on any atom is -0.468 e. The van der Waals surface area contributed by atoms with Crippen LogP contribution in [0, 0.1) is 0 Å². The Morgan fingerprint density at radius 3 is 2.35 bits per heavy atom. The number of carbonyl (C=O) groups is 2. The van der Waals surface area contributed by atoms with Gasteiger partial charge in [-0.3, -0.25) is 9.59 Å². The Balaban J connectivity index is 2.25. The Bertz CT molecular complexity index is 513. The van der Waals surface area contributed by atoms with Crippen LogP contribution >= 0.6 is 0 Å². The third kappa shape index (κ3) is 2.59. The third-order valence-corrected chi connectivity index (χ3v) is 3.92. The van der Waals surface area contributed by atoms with Crippen molar-refractivity contribution in [3.8, 4) is 0 Å². The Hall–Kier alpha value is -2.10. The number of esters is 1. The number of rotatable bonds is 4. The molecule has 0 saturated heterocycles. The molecule has 0 aliphatic heterocycles. The van der Waals surface area contributed by atoms with Gasteiger partial charge in [-0.05, 0) is 36.6 Å². The second-order valence-corrected chi connectivity index (χ2v) is 5.05. The van der Waals surface area contributed by atoms with Crippen LogP contribution < -0.4 is 5.32 Å². The van der Waals surface area contributed by atoms with E-state index < -0.39 is 5.41 Å². The molecule has 1 aromatic carbocycles. The molecule has 0 heterocycles. The second-order valence-electron chi connectivity index (χ2n) is 5.05. The monoisotopic (exact) mass is 273 g/mol. The van der Waals surface area contributed by atoms with Gasteiger partial charge >= 0.3 is 5.97 Å². The van der Waals surface area contributed by atoms with E-state index in [-0.39, 0.29) is 11.9 Å². The zero-order chi connectivity index (χ0) is 14.6. The number of ether oxygens (including phenoxy) is 1. The highest BCUT2D eigenvalue weighted by molar-refractivity contribution is 5.98. The molecule has 0 aromatic heterocycles. The van der Waals surface area contributed by atoms with E-state index in [2.05, 4.69) is 11.9 Å². The summed E-state index contributed by atoms with van der Waals surface area (Å²) in [7, 11) is 1.43. The van der Waals surface area contributed by atoms with E-state index >= 15 is 0 Å². The van der Waals surface area contributed by atoms with Gasteiger partial charge in [0.1, 0.15) is 0 Å². The molecule has 1 aliphatic rings. The summed E-state index contributed by atoms with van der Waals surface area (Å²) in [5.41, 5.74) is 1.13. The molecular formula is C16H19NO3. The van der Waals surface area contributed by atoms with Crippen LogP contribution in [0.15, 0.2) is 36.9 Å². The highest BCUT2D eigenvalue weighted by Gasteiger charge is 2.43. The molecule has 20 heavy (non-hydrogen) atoms. The van der Waals surface area contributed by atoms with Crippen LogP contribution in [0.4, 0.5) is 5.69 Å². The zero-order valence-electron chi connectivity index (χ0n) is 11.6. The smallest absolute Gasteiger partial charge is 0.316 e. The maximum absolute atomic E-state index is 12.1. The first-order valence-corrected chi connectivity index (χ1v) is 6.75. The summed E-state index contributed by atoms with van der Waals surface area (Å²) in [6.07, 6.45) is 4.92. The van der Waals surface area contributed by atoms with Gasteiger partial charge in [-0.15, -0.1) is 0 Å². The van der Waals surface area contributed by atoms with Crippen molar-refractivity contribution in [1.82, 2.24) is 0 Å². The molecule has 1 amide bonds. The van der Waals surface area contributed by atoms with Crippen LogP contribution in [-0.2, 0) is 19.7 Å². The lowest BCUT2D eigenvalue weighted by atomic mass is 9.79. The van der Waals surface area contributed by atoms with Crippen molar-refractivity contribution in [2.24, 2.45) is 0 Å². The van der Waals surface area contributed by atoms with Gasteiger partial charge < -0.3 is 10.1 Å². The van der Waals surface area contributed by atoms with Crippen LogP contribution in [0.25, 0.3) is 0 Å². The standard InChI is InChI=1S/C16H19NO3/c1-3-14(18)17-13-8-6-12(7-9-13)16(15(19)20-2)10-4-5-11-16/h3,6-9H,1,4-5,10-11H2,2H3,(H,17,18). The third-order valence-electron chi connectivity index (χ3n) is 3.92. The number of nitrogens with one attached hydrogen (secondary N) is 1. The maximum Gasteiger partial charge on any atom is 0.316 e. The summed E-state index contributed by atoms with van der Waals surface area (Å²) in [5, 5.41) is 2.69. The largest absolute Gasteiger partial charge is 0.468 e. The van der Waals surface area contributed by atoms with Crippen molar-refractivity contribution >= 4 is 17.6 Å². The van der Waals surface area contributed by atoms with Crippen LogP contribution in [0.1, 0.15) is 31.2 Å². The summed E-state index contributed by atoms with van der Waals surface area (Å²) in [4.78, 5) is 23.4. The predicted octanol–water partition coefficient (Wildman–Crippen LogP) is 2.80. The van der Waals surface area contributed by atoms with Gasteiger partial charge in [0.05, 0.1) is 12.5 Å². The first-order chi connectivity index (χ1) is 9.62. The zero-order valence-corrected chi connectivity index (χ0v) is 11.6. The van der Waals surface area contributed by atoms with E-state index in [0.717, 1.165) is 31.2 Å². The van der Waals surface area contributed by atoms with E-state index in [1.54, 1.807) is 12.1 Å². The van der Waals surface area contributed by atoms with Crippen molar-refractivity contribution in [2.75, 3.05) is 12.4 Å². The van der Waals surface area contributed by atoms with Crippen LogP contribution in [0.3, 0.4) is 0 Å². The van der Waals surface area contributed by atoms with E-state index in [4.69, 9.17) is 4.74 Å². The van der Waals surface area contributed by atoms with E-state index in [0.29, 0.717) is 5.69 Å². The lowest BCUT2D eigenvalue weighted by Gasteiger charge is -2.26. The van der Waals surface area contributed by atoms with Crippen molar-refractivity contribution in [3.63, 3.8) is 0 Å². The summed E-state index contributed by atoms with van der Waals surface area (Å²) < 4.78 is 4.98. The molecule has 1 fully saturated rings. The first-order valence-electron chi connectivity index (χ1n) is 6.75. The highest BCUT2D eigenvalue weighted by Crippen LogP contribution is 2.42. The fourth-order valence-corrected chi connectivity index (χ4v) is 2.85. The molecule has 2 rings (SSSR count). The molecule has 1 saturated carbocycles. The van der Waals surface area contributed by atoms with Crippen LogP contribution in [0.2, 0.25) is 0 Å². The first kappa shape index (κ1) is 14.3. The number of methoxy groups -OCH3 is 1. The number of hydrogen-bond donors (Lipinski definition) is 1. The van der Waals surface area contributed by atoms with Gasteiger partial charge in [0.25, 0.3) is 0 Å². The number of anilines is 1. The molecule has 106 valence electrons. The topological polar surface area (TPSA) is 55.4 Å². The number of carbonyl (C=O) groups excluding carboxylic acids is 2. The minimum absolute atomic E-state index is 0.169. The predicted molar refractivity (Wildman–Crippen MR) is 77.4 cm³/mol. The average molecular weight is 273 g/mol. The summed E-state index contributed by atoms with van der Waals surface area (Å²) in [6.45, 7) is 3.41. The number of hydrogen-bond acceptors (Lipinski definition) is 3. The van der Waals surface area contributed by atoms with Crippen molar-refractivity contribution in [2.45, 2.75) is 31.1 Å². The number of benzene rings is 1. The van der Waals surface area contributed by atoms with Crippen LogP contribution in [0.5, 0.6) is 0 Å². The minimum atomic E-state index is -0.518. The molecule has 0 spiro atoms. The fraction of sp³-hybridized carbons (Fsp3) is 0.375. The Kier molecular flexibility index (Phi) is 4.23. The van der Waals surface area contributed by atoms with E-state index in [9.17, 15) is 9.59 Å². The van der Waals surface area contributed by atoms with E-state index in [1.165, 1.54) is 13.2 Å². The molecule has 1 aromatic rings. The molecule has 4 heteroatoms. The lowest BCUT2D eigenvalue weighted by Crippen LogP contribution is -2.33. The van der Waals surface area contributed by atoms with Gasteiger partial charge in [-0.1, -0.05) is 31.6 Å². The van der Waals surface area contributed by atoms with Crippen LogP contribution in [-0.4, -0.2) is 19.0 Å².